The Kier molecular flexibility index (Phi) is 6.85. The molecule has 3 heterocycles. The summed E-state index contributed by atoms with van der Waals surface area (Å²) in [5.74, 6) is 1.11. The lowest BCUT2D eigenvalue weighted by Gasteiger charge is -2.10. The zero-order valence-electron chi connectivity index (χ0n) is 18.6. The van der Waals surface area contributed by atoms with Crippen molar-refractivity contribution in [3.05, 3.63) is 58.8 Å². The van der Waals surface area contributed by atoms with Crippen LogP contribution in [0.4, 0.5) is 10.2 Å². The molecule has 10 heteroatoms. The third kappa shape index (κ3) is 4.96. The van der Waals surface area contributed by atoms with Gasteiger partial charge in [-0.1, -0.05) is 19.9 Å². The maximum atomic E-state index is 15.0. The number of aromatic nitrogens is 5. The van der Waals surface area contributed by atoms with Gasteiger partial charge in [-0.3, -0.25) is 0 Å². The Morgan fingerprint density at radius 1 is 1.21 bits per heavy atom. The Morgan fingerprint density at radius 2 is 2.03 bits per heavy atom. The summed E-state index contributed by atoms with van der Waals surface area (Å²) in [5.41, 5.74) is 8.96. The fourth-order valence-electron chi connectivity index (χ4n) is 3.47. The number of rotatable bonds is 8. The van der Waals surface area contributed by atoms with Crippen LogP contribution in [0.25, 0.3) is 22.2 Å². The highest BCUT2D eigenvalue weighted by Crippen LogP contribution is 2.40. The van der Waals surface area contributed by atoms with Crippen LogP contribution >= 0.6 is 15.9 Å². The Bertz CT molecular complexity index is 1290. The molecule has 3 aromatic heterocycles. The van der Waals surface area contributed by atoms with E-state index in [0.29, 0.717) is 29.0 Å². The summed E-state index contributed by atoms with van der Waals surface area (Å²) in [5, 5.41) is 4.06. The minimum atomic E-state index is -0.545. The van der Waals surface area contributed by atoms with Gasteiger partial charge in [0.2, 0.25) is 0 Å². The number of benzene rings is 1. The third-order valence-corrected chi connectivity index (χ3v) is 5.82. The molecule has 1 radical (unpaired) electrons. The van der Waals surface area contributed by atoms with Crippen LogP contribution in [-0.4, -0.2) is 37.6 Å². The molecule has 0 saturated heterocycles. The number of nitrogen functional groups attached to an aromatic ring is 1. The first-order chi connectivity index (χ1) is 15.8. The monoisotopic (exact) mass is 512 g/mol. The van der Waals surface area contributed by atoms with Gasteiger partial charge in [0, 0.05) is 37.1 Å². The van der Waals surface area contributed by atoms with Crippen molar-refractivity contribution < 1.29 is 9.13 Å². The molecule has 3 N–H and O–H groups in total. The van der Waals surface area contributed by atoms with Gasteiger partial charge in [-0.2, -0.15) is 0 Å². The molecule has 0 unspecified atom stereocenters. The normalized spacial score (nSPS) is 11.5. The van der Waals surface area contributed by atoms with E-state index in [0.717, 1.165) is 29.0 Å². The van der Waals surface area contributed by atoms with E-state index in [4.69, 9.17) is 10.5 Å². The first-order valence-corrected chi connectivity index (χ1v) is 11.2. The molecule has 0 spiro atoms. The molecular weight excluding hydrogens is 489 g/mol. The Morgan fingerprint density at radius 3 is 2.76 bits per heavy atom. The largest absolute Gasteiger partial charge is 0.421 e. The van der Waals surface area contributed by atoms with Crippen molar-refractivity contribution in [3.8, 4) is 22.9 Å². The Labute approximate surface area is 199 Å². The minimum Gasteiger partial charge on any atom is -0.421 e. The summed E-state index contributed by atoms with van der Waals surface area (Å²) in [6, 6.07) is 6.54. The van der Waals surface area contributed by atoms with E-state index in [1.54, 1.807) is 24.4 Å². The summed E-state index contributed by atoms with van der Waals surface area (Å²) in [6.07, 6.45) is 2.99. The molecule has 171 valence electrons. The van der Waals surface area contributed by atoms with Crippen molar-refractivity contribution in [2.24, 2.45) is 0 Å². The maximum absolute atomic E-state index is 15.0. The lowest BCUT2D eigenvalue weighted by atomic mass is 10.1. The van der Waals surface area contributed by atoms with Crippen LogP contribution in [0.15, 0.2) is 41.4 Å². The van der Waals surface area contributed by atoms with Gasteiger partial charge in [-0.25, -0.2) is 24.3 Å². The summed E-state index contributed by atoms with van der Waals surface area (Å²) >= 11 is 3.68. The lowest BCUT2D eigenvalue weighted by molar-refractivity contribution is 0.410. The van der Waals surface area contributed by atoms with Crippen molar-refractivity contribution in [2.75, 3.05) is 18.8 Å². The van der Waals surface area contributed by atoms with E-state index >= 15 is 4.39 Å². The molecule has 1 aromatic carbocycles. The summed E-state index contributed by atoms with van der Waals surface area (Å²) in [4.78, 5) is 16.8. The molecule has 0 amide bonds. The standard InChI is InChI=1S/C23H24BrFN7O/c1-13(2)11-27-8-9-32-20(24)18(19-21(26)29-12-30-22(19)32)15-4-5-17(16(25)10-15)33-23-28-7-6-14(3)31-23/h4-7,10,12,27H,8-9,11H2,1-3H3,(H2,26,29,30). The SMILES string of the molecule is C[C](C)CNCCn1c(Br)c(-c2ccc(Oc3nccc(C)n3)c(F)c2)c2c(N)ncnc21. The highest BCUT2D eigenvalue weighted by molar-refractivity contribution is 9.10. The second-order valence-electron chi connectivity index (χ2n) is 7.89. The molecule has 0 aliphatic carbocycles. The molecule has 0 saturated carbocycles. The van der Waals surface area contributed by atoms with E-state index in [1.165, 1.54) is 18.3 Å². The third-order valence-electron chi connectivity index (χ3n) is 4.99. The molecule has 33 heavy (non-hydrogen) atoms. The highest BCUT2D eigenvalue weighted by atomic mass is 79.9. The first-order valence-electron chi connectivity index (χ1n) is 10.4. The number of nitrogens with two attached hydrogens (primary N) is 1. The van der Waals surface area contributed by atoms with E-state index < -0.39 is 5.82 Å². The second-order valence-corrected chi connectivity index (χ2v) is 8.64. The average Bonchev–Trinajstić information content (AvgIpc) is 3.05. The van der Waals surface area contributed by atoms with Crippen LogP contribution in [-0.2, 0) is 6.54 Å². The van der Waals surface area contributed by atoms with E-state index in [-0.39, 0.29) is 11.8 Å². The second kappa shape index (κ2) is 9.80. The quantitative estimate of drug-likeness (QED) is 0.330. The van der Waals surface area contributed by atoms with Gasteiger partial charge in [0.25, 0.3) is 0 Å². The van der Waals surface area contributed by atoms with Crippen LogP contribution in [0.3, 0.4) is 0 Å². The van der Waals surface area contributed by atoms with Gasteiger partial charge < -0.3 is 20.4 Å². The van der Waals surface area contributed by atoms with E-state index in [1.807, 2.05) is 11.5 Å². The zero-order chi connectivity index (χ0) is 23.5. The van der Waals surface area contributed by atoms with Crippen LogP contribution in [0.1, 0.15) is 19.5 Å². The number of fused-ring (bicyclic) bond motifs is 1. The zero-order valence-corrected chi connectivity index (χ0v) is 20.1. The number of aryl methyl sites for hydroxylation is 1. The Balaban J connectivity index is 1.70. The van der Waals surface area contributed by atoms with Crippen molar-refractivity contribution >= 4 is 32.8 Å². The Hall–Kier alpha value is -3.11. The maximum Gasteiger partial charge on any atom is 0.322 e. The minimum absolute atomic E-state index is 0.0313. The molecule has 4 rings (SSSR count). The number of halogens is 2. The molecule has 0 fully saturated rings. The number of ether oxygens (including phenoxy) is 1. The summed E-state index contributed by atoms with van der Waals surface area (Å²) in [6.45, 7) is 8.17. The van der Waals surface area contributed by atoms with Crippen LogP contribution in [0, 0.1) is 18.7 Å². The predicted octanol–water partition coefficient (Wildman–Crippen LogP) is 4.68. The highest BCUT2D eigenvalue weighted by Gasteiger charge is 2.22. The molecule has 4 aromatic rings. The van der Waals surface area contributed by atoms with Gasteiger partial charge in [0.05, 0.1) is 9.99 Å². The molecule has 0 aliphatic rings. The summed E-state index contributed by atoms with van der Waals surface area (Å²) in [7, 11) is 0. The molecule has 0 bridgehead atoms. The van der Waals surface area contributed by atoms with Crippen molar-refractivity contribution in [1.82, 2.24) is 29.8 Å². The van der Waals surface area contributed by atoms with Crippen molar-refractivity contribution in [3.63, 3.8) is 0 Å². The number of anilines is 1. The van der Waals surface area contributed by atoms with Crippen LogP contribution in [0.2, 0.25) is 0 Å². The summed E-state index contributed by atoms with van der Waals surface area (Å²) < 4.78 is 23.3. The number of nitrogens with zero attached hydrogens (tertiary/aromatic N) is 5. The fraction of sp³-hybridized carbons (Fsp3) is 0.261. The van der Waals surface area contributed by atoms with E-state index in [2.05, 4.69) is 55.0 Å². The van der Waals surface area contributed by atoms with Gasteiger partial charge in [-0.05, 0) is 52.5 Å². The number of nitrogens with one attached hydrogen (secondary N) is 1. The topological polar surface area (TPSA) is 104 Å². The molecule has 0 atom stereocenters. The van der Waals surface area contributed by atoms with Crippen molar-refractivity contribution in [1.29, 1.82) is 0 Å². The lowest BCUT2D eigenvalue weighted by Crippen LogP contribution is -2.23. The van der Waals surface area contributed by atoms with Gasteiger partial charge in [0.15, 0.2) is 11.6 Å². The smallest absolute Gasteiger partial charge is 0.322 e. The van der Waals surface area contributed by atoms with Crippen LogP contribution in [0.5, 0.6) is 11.8 Å². The fourth-order valence-corrected chi connectivity index (χ4v) is 4.25. The van der Waals surface area contributed by atoms with Gasteiger partial charge in [-0.15, -0.1) is 0 Å². The number of hydrogen-bond donors (Lipinski definition) is 2. The average molecular weight is 513 g/mol. The first kappa shape index (κ1) is 23.1. The van der Waals surface area contributed by atoms with Crippen LogP contribution < -0.4 is 15.8 Å². The predicted molar refractivity (Wildman–Crippen MR) is 129 cm³/mol. The molecule has 0 aliphatic heterocycles. The van der Waals surface area contributed by atoms with Gasteiger partial charge >= 0.3 is 6.01 Å². The molecule has 8 nitrogen and oxygen atoms in total. The molecular formula is C23H24BrFN7O. The van der Waals surface area contributed by atoms with Crippen molar-refractivity contribution in [2.45, 2.75) is 27.3 Å². The van der Waals surface area contributed by atoms with E-state index in [9.17, 15) is 0 Å². The number of hydrogen-bond acceptors (Lipinski definition) is 7. The van der Waals surface area contributed by atoms with Gasteiger partial charge in [0.1, 0.15) is 17.8 Å².